The van der Waals surface area contributed by atoms with Crippen molar-refractivity contribution in [2.75, 3.05) is 11.9 Å². The van der Waals surface area contributed by atoms with Gasteiger partial charge in [0.15, 0.2) is 6.61 Å². The fourth-order valence-corrected chi connectivity index (χ4v) is 4.09. The molecule has 29 heavy (non-hydrogen) atoms. The number of aryl methyl sites for hydroxylation is 1. The summed E-state index contributed by atoms with van der Waals surface area (Å²) in [6.45, 7) is 3.59. The minimum Gasteiger partial charge on any atom is -0.456 e. The quantitative estimate of drug-likeness (QED) is 0.680. The van der Waals surface area contributed by atoms with Crippen LogP contribution in [0.15, 0.2) is 53.4 Å². The first-order valence-electron chi connectivity index (χ1n) is 9.56. The lowest BCUT2D eigenvalue weighted by atomic mass is 10.1. The summed E-state index contributed by atoms with van der Waals surface area (Å²) in [4.78, 5) is 37.3. The molecule has 0 aromatic heterocycles. The van der Waals surface area contributed by atoms with E-state index < -0.39 is 11.2 Å². The van der Waals surface area contributed by atoms with Crippen LogP contribution in [0.25, 0.3) is 0 Å². The monoisotopic (exact) mass is 412 g/mol. The summed E-state index contributed by atoms with van der Waals surface area (Å²) in [5.41, 5.74) is 2.96. The molecule has 6 nitrogen and oxygen atoms in total. The lowest BCUT2D eigenvalue weighted by Crippen LogP contribution is -2.34. The maximum atomic E-state index is 12.2. The van der Waals surface area contributed by atoms with E-state index in [2.05, 4.69) is 17.6 Å². The number of nitrogens with one attached hydrogen (secondary N) is 2. The highest BCUT2D eigenvalue weighted by Crippen LogP contribution is 2.36. The molecule has 0 saturated heterocycles. The normalized spacial score (nSPS) is 16.3. The van der Waals surface area contributed by atoms with E-state index in [1.807, 2.05) is 55.5 Å². The summed E-state index contributed by atoms with van der Waals surface area (Å²) in [6.07, 6.45) is 0.867. The van der Waals surface area contributed by atoms with Crippen LogP contribution in [0.2, 0.25) is 0 Å². The van der Waals surface area contributed by atoms with E-state index in [9.17, 15) is 14.4 Å². The van der Waals surface area contributed by atoms with Crippen LogP contribution in [0.3, 0.4) is 0 Å². The third-order valence-electron chi connectivity index (χ3n) is 4.69. The fourth-order valence-electron chi connectivity index (χ4n) is 2.99. The Morgan fingerprint density at radius 3 is 2.62 bits per heavy atom. The molecule has 2 N–H and O–H groups in total. The van der Waals surface area contributed by atoms with Crippen molar-refractivity contribution in [2.24, 2.45) is 0 Å². The number of amides is 2. The van der Waals surface area contributed by atoms with Crippen molar-refractivity contribution in [1.29, 1.82) is 0 Å². The second-order valence-electron chi connectivity index (χ2n) is 6.84. The molecule has 2 aromatic rings. The molecule has 2 aromatic carbocycles. The van der Waals surface area contributed by atoms with Gasteiger partial charge in [0.25, 0.3) is 5.91 Å². The summed E-state index contributed by atoms with van der Waals surface area (Å²) in [6, 6.07) is 15.2. The first kappa shape index (κ1) is 20.9. The number of hydrogen-bond donors (Lipinski definition) is 2. The standard InChI is InChI=1S/C22H24N2O4S/c1-3-15-8-10-16(11-9-15)14(2)23-20(25)13-28-21(26)12-19-22(27)24-17-6-4-5-7-18(17)29-19/h4-11,14,19H,3,12-13H2,1-2H3,(H,23,25)(H,24,27)/t14-,19+/m1/s1. The minimum absolute atomic E-state index is 0.0911. The van der Waals surface area contributed by atoms with Crippen molar-refractivity contribution in [1.82, 2.24) is 5.32 Å². The number of para-hydroxylation sites is 1. The van der Waals surface area contributed by atoms with Crippen LogP contribution < -0.4 is 10.6 Å². The third-order valence-corrected chi connectivity index (χ3v) is 5.96. The second-order valence-corrected chi connectivity index (χ2v) is 8.09. The Morgan fingerprint density at radius 2 is 1.90 bits per heavy atom. The Bertz CT molecular complexity index is 898. The number of ether oxygens (including phenoxy) is 1. The van der Waals surface area contributed by atoms with Crippen LogP contribution in [0.4, 0.5) is 5.69 Å². The predicted molar refractivity (Wildman–Crippen MR) is 113 cm³/mol. The van der Waals surface area contributed by atoms with Gasteiger partial charge < -0.3 is 15.4 Å². The van der Waals surface area contributed by atoms with E-state index in [-0.39, 0.29) is 30.9 Å². The molecule has 3 rings (SSSR count). The van der Waals surface area contributed by atoms with Crippen LogP contribution in [-0.2, 0) is 25.5 Å². The van der Waals surface area contributed by atoms with Crippen molar-refractivity contribution in [3.8, 4) is 0 Å². The van der Waals surface area contributed by atoms with Gasteiger partial charge in [0, 0.05) is 4.90 Å². The minimum atomic E-state index is -0.577. The van der Waals surface area contributed by atoms with E-state index in [0.29, 0.717) is 0 Å². The van der Waals surface area contributed by atoms with Gasteiger partial charge in [-0.3, -0.25) is 14.4 Å². The Hall–Kier alpha value is -2.80. The first-order valence-corrected chi connectivity index (χ1v) is 10.4. The number of thioether (sulfide) groups is 1. The van der Waals surface area contributed by atoms with Gasteiger partial charge in [-0.15, -0.1) is 11.8 Å². The van der Waals surface area contributed by atoms with Gasteiger partial charge >= 0.3 is 5.97 Å². The second kappa shape index (κ2) is 9.60. The number of rotatable bonds is 7. The lowest BCUT2D eigenvalue weighted by Gasteiger charge is -2.23. The van der Waals surface area contributed by atoms with E-state index in [0.717, 1.165) is 22.6 Å². The Morgan fingerprint density at radius 1 is 1.17 bits per heavy atom. The molecular formula is C22H24N2O4S. The van der Waals surface area contributed by atoms with Crippen LogP contribution in [-0.4, -0.2) is 29.6 Å². The SMILES string of the molecule is CCc1ccc([C@@H](C)NC(=O)COC(=O)C[C@@H]2Sc3ccccc3NC2=O)cc1. The van der Waals surface area contributed by atoms with Gasteiger partial charge in [-0.2, -0.15) is 0 Å². The molecule has 0 saturated carbocycles. The van der Waals surface area contributed by atoms with Gasteiger partial charge in [-0.1, -0.05) is 43.3 Å². The van der Waals surface area contributed by atoms with Crippen LogP contribution >= 0.6 is 11.8 Å². The van der Waals surface area contributed by atoms with Gasteiger partial charge in [0.05, 0.1) is 23.4 Å². The number of carbonyl (C=O) groups excluding carboxylic acids is 3. The summed E-state index contributed by atoms with van der Waals surface area (Å²) in [7, 11) is 0. The Labute approximate surface area is 174 Å². The highest BCUT2D eigenvalue weighted by molar-refractivity contribution is 8.01. The third kappa shape index (κ3) is 5.60. The van der Waals surface area contributed by atoms with Crippen LogP contribution in [0, 0.1) is 0 Å². The van der Waals surface area contributed by atoms with E-state index in [1.54, 1.807) is 0 Å². The molecule has 0 radical (unpaired) electrons. The smallest absolute Gasteiger partial charge is 0.307 e. The maximum absolute atomic E-state index is 12.2. The van der Waals surface area contributed by atoms with E-state index in [1.165, 1.54) is 17.3 Å². The van der Waals surface area contributed by atoms with Crippen molar-refractivity contribution in [3.05, 3.63) is 59.7 Å². The highest BCUT2D eigenvalue weighted by Gasteiger charge is 2.29. The lowest BCUT2D eigenvalue weighted by molar-refractivity contribution is -0.149. The number of fused-ring (bicyclic) bond motifs is 1. The number of anilines is 1. The van der Waals surface area contributed by atoms with Gasteiger partial charge in [0.1, 0.15) is 0 Å². The predicted octanol–water partition coefficient (Wildman–Crippen LogP) is 3.47. The molecular weight excluding hydrogens is 388 g/mol. The number of benzene rings is 2. The fraction of sp³-hybridized carbons (Fsp3) is 0.318. The van der Waals surface area contributed by atoms with Crippen molar-refractivity contribution in [2.45, 2.75) is 42.9 Å². The van der Waals surface area contributed by atoms with E-state index >= 15 is 0 Å². The first-order chi connectivity index (χ1) is 14.0. The van der Waals surface area contributed by atoms with Gasteiger partial charge in [0.2, 0.25) is 5.91 Å². The average Bonchev–Trinajstić information content (AvgIpc) is 2.73. The molecule has 2 atom stereocenters. The van der Waals surface area contributed by atoms with Crippen molar-refractivity contribution >= 4 is 35.2 Å². The zero-order valence-electron chi connectivity index (χ0n) is 16.4. The Kier molecular flexibility index (Phi) is 6.93. The molecule has 1 heterocycles. The molecule has 0 spiro atoms. The molecule has 0 unspecified atom stereocenters. The topological polar surface area (TPSA) is 84.5 Å². The average molecular weight is 413 g/mol. The number of carbonyl (C=O) groups is 3. The number of hydrogen-bond acceptors (Lipinski definition) is 5. The van der Waals surface area contributed by atoms with E-state index in [4.69, 9.17) is 4.74 Å². The molecule has 7 heteroatoms. The molecule has 152 valence electrons. The molecule has 0 bridgehead atoms. The van der Waals surface area contributed by atoms with Gasteiger partial charge in [-0.05, 0) is 36.6 Å². The van der Waals surface area contributed by atoms with Gasteiger partial charge in [-0.25, -0.2) is 0 Å². The number of esters is 1. The molecule has 0 fully saturated rings. The maximum Gasteiger partial charge on any atom is 0.307 e. The van der Waals surface area contributed by atoms with Crippen LogP contribution in [0.5, 0.6) is 0 Å². The zero-order chi connectivity index (χ0) is 20.8. The summed E-state index contributed by atoms with van der Waals surface area (Å²) in [5.74, 6) is -1.19. The largest absolute Gasteiger partial charge is 0.456 e. The summed E-state index contributed by atoms with van der Waals surface area (Å²) >= 11 is 1.33. The molecule has 1 aliphatic heterocycles. The highest BCUT2D eigenvalue weighted by atomic mass is 32.2. The molecule has 1 aliphatic rings. The van der Waals surface area contributed by atoms with Crippen molar-refractivity contribution in [3.63, 3.8) is 0 Å². The van der Waals surface area contributed by atoms with Crippen LogP contribution in [0.1, 0.15) is 37.4 Å². The molecule has 0 aliphatic carbocycles. The van der Waals surface area contributed by atoms with Crippen molar-refractivity contribution < 1.29 is 19.1 Å². The Balaban J connectivity index is 1.45. The molecule has 2 amide bonds. The summed E-state index contributed by atoms with van der Waals surface area (Å²) < 4.78 is 5.07. The zero-order valence-corrected chi connectivity index (χ0v) is 17.3. The summed E-state index contributed by atoms with van der Waals surface area (Å²) in [5, 5.41) is 5.03.